The van der Waals surface area contributed by atoms with E-state index in [9.17, 15) is 0 Å². The van der Waals surface area contributed by atoms with Crippen LogP contribution in [0.25, 0.3) is 22.9 Å². The quantitative estimate of drug-likeness (QED) is 0.655. The van der Waals surface area contributed by atoms with E-state index in [0.29, 0.717) is 17.3 Å². The summed E-state index contributed by atoms with van der Waals surface area (Å²) in [6, 6.07) is 7.46. The summed E-state index contributed by atoms with van der Waals surface area (Å²) in [6.45, 7) is 0.327. The third-order valence-electron chi connectivity index (χ3n) is 3.26. The minimum Gasteiger partial charge on any atom is -0.497 e. The minimum atomic E-state index is -0.0550. The molecule has 0 aliphatic carbocycles. The lowest BCUT2D eigenvalue weighted by Gasteiger charge is -2.05. The Morgan fingerprint density at radius 3 is 2.67 bits per heavy atom. The first-order valence-corrected chi connectivity index (χ1v) is 7.36. The molecule has 0 amide bonds. The molecule has 1 aromatic carbocycles. The molecule has 124 valence electrons. The molecule has 0 bridgehead atoms. The molecule has 3 rings (SSSR count). The van der Waals surface area contributed by atoms with Gasteiger partial charge in [0, 0.05) is 18.0 Å². The van der Waals surface area contributed by atoms with Crippen molar-refractivity contribution in [3.05, 3.63) is 42.9 Å². The monoisotopic (exact) mass is 327 g/mol. The summed E-state index contributed by atoms with van der Waals surface area (Å²) in [6.07, 6.45) is 4.80. The lowest BCUT2D eigenvalue weighted by molar-refractivity contribution is 0.0427. The number of methoxy groups -OCH3 is 1. The number of hydrogen-bond acceptors (Lipinski definition) is 7. The third kappa shape index (κ3) is 3.55. The topological polar surface area (TPSA) is 95.2 Å². The van der Waals surface area contributed by atoms with E-state index in [4.69, 9.17) is 14.6 Å². The maximum Gasteiger partial charge on any atom is 0.181 e. The Morgan fingerprint density at radius 1 is 1.17 bits per heavy atom. The van der Waals surface area contributed by atoms with E-state index < -0.39 is 0 Å². The standard InChI is InChI=1S/C16H17N5O3/c1-23-13-4-2-12(3-5-13)15-19-16(14-10-17-6-7-18-14)21(20-15)11-24-9-8-22/h2-7,10,22H,8-9,11H2,1H3. The van der Waals surface area contributed by atoms with Crippen molar-refractivity contribution >= 4 is 0 Å². The molecule has 0 radical (unpaired) electrons. The van der Waals surface area contributed by atoms with Gasteiger partial charge in [-0.2, -0.15) is 0 Å². The van der Waals surface area contributed by atoms with E-state index in [1.54, 1.807) is 30.4 Å². The number of nitrogens with zero attached hydrogens (tertiary/aromatic N) is 5. The number of aliphatic hydroxyl groups excluding tert-OH is 1. The molecule has 0 atom stereocenters. The molecular weight excluding hydrogens is 310 g/mol. The first-order chi connectivity index (χ1) is 11.8. The lowest BCUT2D eigenvalue weighted by Crippen LogP contribution is -2.09. The van der Waals surface area contributed by atoms with Gasteiger partial charge in [-0.25, -0.2) is 14.6 Å². The van der Waals surface area contributed by atoms with Crippen molar-refractivity contribution < 1.29 is 14.6 Å². The van der Waals surface area contributed by atoms with Crippen LogP contribution in [0.4, 0.5) is 0 Å². The van der Waals surface area contributed by atoms with E-state index in [1.807, 2.05) is 24.3 Å². The van der Waals surface area contributed by atoms with Crippen LogP contribution < -0.4 is 4.74 Å². The number of benzene rings is 1. The molecule has 0 aliphatic rings. The molecule has 1 N–H and O–H groups in total. The van der Waals surface area contributed by atoms with Crippen LogP contribution in [0.1, 0.15) is 0 Å². The second-order valence-corrected chi connectivity index (χ2v) is 4.84. The van der Waals surface area contributed by atoms with Crippen molar-refractivity contribution in [1.82, 2.24) is 24.7 Å². The van der Waals surface area contributed by atoms with Crippen molar-refractivity contribution in [3.8, 4) is 28.7 Å². The van der Waals surface area contributed by atoms with Crippen molar-refractivity contribution in [1.29, 1.82) is 0 Å². The molecule has 8 heteroatoms. The summed E-state index contributed by atoms with van der Waals surface area (Å²) in [5.41, 5.74) is 1.44. The number of hydrogen-bond donors (Lipinski definition) is 1. The maximum atomic E-state index is 8.86. The largest absolute Gasteiger partial charge is 0.497 e. The van der Waals surface area contributed by atoms with E-state index >= 15 is 0 Å². The highest BCUT2D eigenvalue weighted by molar-refractivity contribution is 5.59. The van der Waals surface area contributed by atoms with Gasteiger partial charge in [0.15, 0.2) is 11.6 Å². The summed E-state index contributed by atoms with van der Waals surface area (Å²) in [7, 11) is 1.62. The van der Waals surface area contributed by atoms with E-state index in [0.717, 1.165) is 11.3 Å². The smallest absolute Gasteiger partial charge is 0.181 e. The molecule has 2 heterocycles. The Balaban J connectivity index is 1.95. The summed E-state index contributed by atoms with van der Waals surface area (Å²) in [5.74, 6) is 1.86. The highest BCUT2D eigenvalue weighted by Crippen LogP contribution is 2.22. The summed E-state index contributed by atoms with van der Waals surface area (Å²) >= 11 is 0. The molecule has 0 unspecified atom stereocenters. The van der Waals surface area contributed by atoms with Crippen LogP contribution >= 0.6 is 0 Å². The zero-order valence-electron chi connectivity index (χ0n) is 13.2. The number of aliphatic hydroxyl groups is 1. The minimum absolute atomic E-state index is 0.0550. The number of ether oxygens (including phenoxy) is 2. The van der Waals surface area contributed by atoms with Gasteiger partial charge in [-0.3, -0.25) is 4.98 Å². The van der Waals surface area contributed by atoms with Crippen molar-refractivity contribution in [2.45, 2.75) is 6.73 Å². The second-order valence-electron chi connectivity index (χ2n) is 4.84. The van der Waals surface area contributed by atoms with Gasteiger partial charge in [0.2, 0.25) is 0 Å². The normalized spacial score (nSPS) is 10.8. The Bertz CT molecular complexity index is 774. The fourth-order valence-electron chi connectivity index (χ4n) is 2.11. The van der Waals surface area contributed by atoms with E-state index in [-0.39, 0.29) is 19.9 Å². The maximum absolute atomic E-state index is 8.86. The van der Waals surface area contributed by atoms with Crippen LogP contribution in [0.5, 0.6) is 5.75 Å². The highest BCUT2D eigenvalue weighted by Gasteiger charge is 2.15. The Kier molecular flexibility index (Phi) is 5.09. The summed E-state index contributed by atoms with van der Waals surface area (Å²) < 4.78 is 12.1. The Hall–Kier alpha value is -2.84. The first-order valence-electron chi connectivity index (χ1n) is 7.36. The first kappa shape index (κ1) is 16.0. The number of rotatable bonds is 7. The molecule has 24 heavy (non-hydrogen) atoms. The van der Waals surface area contributed by atoms with Crippen molar-refractivity contribution in [2.75, 3.05) is 20.3 Å². The highest BCUT2D eigenvalue weighted by atomic mass is 16.5. The van der Waals surface area contributed by atoms with Gasteiger partial charge in [-0.05, 0) is 24.3 Å². The van der Waals surface area contributed by atoms with E-state index in [1.165, 1.54) is 0 Å². The molecule has 3 aromatic rings. The van der Waals surface area contributed by atoms with Gasteiger partial charge < -0.3 is 14.6 Å². The zero-order valence-corrected chi connectivity index (χ0v) is 13.2. The van der Waals surface area contributed by atoms with Crippen LogP contribution in [0, 0.1) is 0 Å². The summed E-state index contributed by atoms with van der Waals surface area (Å²) in [4.78, 5) is 12.9. The third-order valence-corrected chi connectivity index (χ3v) is 3.26. The molecule has 8 nitrogen and oxygen atoms in total. The van der Waals surface area contributed by atoms with Crippen LogP contribution in [0.3, 0.4) is 0 Å². The van der Waals surface area contributed by atoms with Gasteiger partial charge in [-0.1, -0.05) is 0 Å². The van der Waals surface area contributed by atoms with Crippen molar-refractivity contribution in [2.24, 2.45) is 0 Å². The average Bonchev–Trinajstić information content (AvgIpc) is 3.07. The molecule has 0 spiro atoms. The predicted octanol–water partition coefficient (Wildman–Crippen LogP) is 1.38. The van der Waals surface area contributed by atoms with Crippen molar-refractivity contribution in [3.63, 3.8) is 0 Å². The second kappa shape index (κ2) is 7.62. The predicted molar refractivity (Wildman–Crippen MR) is 86.1 cm³/mol. The fourth-order valence-corrected chi connectivity index (χ4v) is 2.11. The Labute approximate surface area is 138 Å². The molecule has 0 saturated carbocycles. The van der Waals surface area contributed by atoms with Crippen LogP contribution in [0.2, 0.25) is 0 Å². The van der Waals surface area contributed by atoms with Crippen LogP contribution in [0.15, 0.2) is 42.9 Å². The van der Waals surface area contributed by atoms with Crippen LogP contribution in [-0.2, 0) is 11.5 Å². The molecule has 0 aliphatic heterocycles. The van der Waals surface area contributed by atoms with Gasteiger partial charge in [0.1, 0.15) is 18.2 Å². The SMILES string of the molecule is COc1ccc(-c2nc(-c3cnccn3)n(COCCO)n2)cc1. The van der Waals surface area contributed by atoms with E-state index in [2.05, 4.69) is 20.1 Å². The molecular formula is C16H17N5O3. The molecule has 2 aromatic heterocycles. The molecule has 0 saturated heterocycles. The summed E-state index contributed by atoms with van der Waals surface area (Å²) in [5, 5.41) is 13.3. The zero-order chi connectivity index (χ0) is 16.8. The van der Waals surface area contributed by atoms with Gasteiger partial charge in [0.25, 0.3) is 0 Å². The number of aromatic nitrogens is 5. The van der Waals surface area contributed by atoms with Gasteiger partial charge in [0.05, 0.1) is 26.5 Å². The van der Waals surface area contributed by atoms with Crippen LogP contribution in [-0.4, -0.2) is 50.2 Å². The Morgan fingerprint density at radius 2 is 2.00 bits per heavy atom. The lowest BCUT2D eigenvalue weighted by atomic mass is 10.2. The van der Waals surface area contributed by atoms with Gasteiger partial charge >= 0.3 is 0 Å². The average molecular weight is 327 g/mol. The van der Waals surface area contributed by atoms with Gasteiger partial charge in [-0.15, -0.1) is 5.10 Å². The molecule has 0 fully saturated rings. The fraction of sp³-hybridized carbons (Fsp3) is 0.250.